The maximum Gasteiger partial charge on any atom is 0.495 e. The minimum atomic E-state index is -0.776. The molecule has 1 aliphatic heterocycles. The number of hydrogen-bond acceptors (Lipinski definition) is 5. The highest BCUT2D eigenvalue weighted by Gasteiger charge is 2.52. The number of halogens is 1. The molecule has 4 aromatic rings. The molecule has 7 nitrogen and oxygen atoms in total. The van der Waals surface area contributed by atoms with E-state index in [0.717, 1.165) is 10.9 Å². The number of carbonyl (C=O) groups excluding carboxylic acids is 2. The van der Waals surface area contributed by atoms with Crippen molar-refractivity contribution in [3.63, 3.8) is 0 Å². The molecule has 3 aromatic carbocycles. The van der Waals surface area contributed by atoms with Gasteiger partial charge in [-0.25, -0.2) is 4.39 Å². The van der Waals surface area contributed by atoms with E-state index in [1.165, 1.54) is 13.0 Å². The van der Waals surface area contributed by atoms with Gasteiger partial charge < -0.3 is 23.9 Å². The van der Waals surface area contributed by atoms with Crippen molar-refractivity contribution >= 4 is 41.0 Å². The topological polar surface area (TPSA) is 78.8 Å². The molecule has 1 amide bonds. The highest BCUT2D eigenvalue weighted by Crippen LogP contribution is 2.37. The lowest BCUT2D eigenvalue weighted by Crippen LogP contribution is -2.41. The van der Waals surface area contributed by atoms with E-state index >= 15 is 4.39 Å². The Balaban J connectivity index is 1.51. The van der Waals surface area contributed by atoms with Crippen molar-refractivity contribution in [2.45, 2.75) is 52.4 Å². The van der Waals surface area contributed by atoms with Crippen molar-refractivity contribution in [3.8, 4) is 5.69 Å². The van der Waals surface area contributed by atoms with E-state index in [-0.39, 0.29) is 12.5 Å². The summed E-state index contributed by atoms with van der Waals surface area (Å²) in [6.45, 7) is 8.96. The standard InChI is InChI=1S/C30H30BFN2O5/c1-19(35)37-18-22-16-25(32)27(17-24(22)31-38-29(2,3)30(4,5)39-31)34-14-13-21-15-23(11-12-26(21)34)33-28(36)20-9-7-6-8-10-20/h6-17H,18H2,1-5H3,(H,33,36). The third-order valence-corrected chi connectivity index (χ3v) is 7.39. The molecule has 0 saturated carbocycles. The van der Waals surface area contributed by atoms with E-state index in [1.54, 1.807) is 35.0 Å². The number of ether oxygens (including phenoxy) is 1. The maximum atomic E-state index is 15.6. The van der Waals surface area contributed by atoms with Crippen LogP contribution in [0.3, 0.4) is 0 Å². The Bertz CT molecular complexity index is 1550. The van der Waals surface area contributed by atoms with Crippen molar-refractivity contribution in [2.24, 2.45) is 0 Å². The summed E-state index contributed by atoms with van der Waals surface area (Å²) in [7, 11) is -0.776. The highest BCUT2D eigenvalue weighted by molar-refractivity contribution is 6.62. The lowest BCUT2D eigenvalue weighted by molar-refractivity contribution is -0.142. The summed E-state index contributed by atoms with van der Waals surface area (Å²) in [6, 6.07) is 19.3. The third kappa shape index (κ3) is 5.20. The van der Waals surface area contributed by atoms with E-state index in [2.05, 4.69) is 5.32 Å². The van der Waals surface area contributed by atoms with Gasteiger partial charge >= 0.3 is 13.1 Å². The second-order valence-corrected chi connectivity index (χ2v) is 10.7. The number of anilines is 1. The predicted octanol–water partition coefficient (Wildman–Crippen LogP) is 5.38. The van der Waals surface area contributed by atoms with Crippen molar-refractivity contribution in [1.29, 1.82) is 0 Å². The number of benzene rings is 3. The normalized spacial score (nSPS) is 15.9. The summed E-state index contributed by atoms with van der Waals surface area (Å²) in [4.78, 5) is 24.1. The fourth-order valence-electron chi connectivity index (χ4n) is 4.52. The van der Waals surface area contributed by atoms with Gasteiger partial charge in [-0.2, -0.15) is 0 Å². The van der Waals surface area contributed by atoms with Crippen LogP contribution in [0.15, 0.2) is 72.9 Å². The number of carbonyl (C=O) groups is 2. The fourth-order valence-corrected chi connectivity index (χ4v) is 4.52. The molecular formula is C30H30BFN2O5. The van der Waals surface area contributed by atoms with Crippen LogP contribution in [0.1, 0.15) is 50.5 Å². The fraction of sp³-hybridized carbons (Fsp3) is 0.267. The molecule has 200 valence electrons. The molecule has 1 aliphatic rings. The van der Waals surface area contributed by atoms with Crippen LogP contribution in [0.2, 0.25) is 0 Å². The molecule has 0 aliphatic carbocycles. The first-order valence-corrected chi connectivity index (χ1v) is 12.7. The molecule has 1 aromatic heterocycles. The average molecular weight is 528 g/mol. The zero-order valence-electron chi connectivity index (χ0n) is 22.6. The van der Waals surface area contributed by atoms with Crippen LogP contribution in [0.5, 0.6) is 0 Å². The number of amides is 1. The van der Waals surface area contributed by atoms with E-state index in [4.69, 9.17) is 14.0 Å². The van der Waals surface area contributed by atoms with E-state index < -0.39 is 30.1 Å². The van der Waals surface area contributed by atoms with Crippen LogP contribution in [0.4, 0.5) is 10.1 Å². The second-order valence-electron chi connectivity index (χ2n) is 10.7. The number of nitrogens with one attached hydrogen (secondary N) is 1. The molecule has 5 rings (SSSR count). The molecule has 0 radical (unpaired) electrons. The summed E-state index contributed by atoms with van der Waals surface area (Å²) >= 11 is 0. The Morgan fingerprint density at radius 2 is 1.67 bits per heavy atom. The average Bonchev–Trinajstić information content (AvgIpc) is 3.39. The van der Waals surface area contributed by atoms with E-state index in [1.807, 2.05) is 64.1 Å². The number of fused-ring (bicyclic) bond motifs is 1. The molecule has 1 fully saturated rings. The lowest BCUT2D eigenvalue weighted by Gasteiger charge is -2.32. The molecule has 0 bridgehead atoms. The molecule has 0 atom stereocenters. The molecule has 0 unspecified atom stereocenters. The zero-order chi connectivity index (χ0) is 27.9. The molecule has 1 saturated heterocycles. The summed E-state index contributed by atoms with van der Waals surface area (Å²) in [5.74, 6) is -1.17. The largest absolute Gasteiger partial charge is 0.495 e. The van der Waals surface area contributed by atoms with Gasteiger partial charge in [0.1, 0.15) is 12.4 Å². The van der Waals surface area contributed by atoms with Gasteiger partial charge in [0.05, 0.1) is 22.4 Å². The first-order chi connectivity index (χ1) is 18.4. The van der Waals surface area contributed by atoms with Gasteiger partial charge in [0, 0.05) is 29.8 Å². The summed E-state index contributed by atoms with van der Waals surface area (Å²) in [5, 5.41) is 3.73. The highest BCUT2D eigenvalue weighted by atomic mass is 19.1. The third-order valence-electron chi connectivity index (χ3n) is 7.39. The smallest absolute Gasteiger partial charge is 0.461 e. The van der Waals surface area contributed by atoms with Crippen molar-refractivity contribution in [1.82, 2.24) is 4.57 Å². The minimum Gasteiger partial charge on any atom is -0.461 e. The molecule has 39 heavy (non-hydrogen) atoms. The number of rotatable bonds is 6. The predicted molar refractivity (Wildman–Crippen MR) is 149 cm³/mol. The van der Waals surface area contributed by atoms with Gasteiger partial charge in [-0.05, 0) is 87.3 Å². The van der Waals surface area contributed by atoms with Gasteiger partial charge in [-0.3, -0.25) is 9.59 Å². The Morgan fingerprint density at radius 3 is 2.33 bits per heavy atom. The summed E-state index contributed by atoms with van der Waals surface area (Å²) in [5.41, 5.74) is 2.07. The monoisotopic (exact) mass is 528 g/mol. The van der Waals surface area contributed by atoms with Gasteiger partial charge in [0.15, 0.2) is 0 Å². The molecular weight excluding hydrogens is 498 g/mol. The Labute approximate surface area is 227 Å². The van der Waals surface area contributed by atoms with Gasteiger partial charge in [-0.1, -0.05) is 18.2 Å². The molecule has 0 spiro atoms. The SMILES string of the molecule is CC(=O)OCc1cc(F)c(-n2ccc3cc(NC(=O)c4ccccc4)ccc32)cc1B1OC(C)(C)C(C)(C)O1. The number of esters is 1. The van der Waals surface area contributed by atoms with E-state index in [9.17, 15) is 9.59 Å². The van der Waals surface area contributed by atoms with Crippen molar-refractivity contribution in [2.75, 3.05) is 5.32 Å². The van der Waals surface area contributed by atoms with Gasteiger partial charge in [0.25, 0.3) is 5.91 Å². The number of hydrogen-bond donors (Lipinski definition) is 1. The molecule has 9 heteroatoms. The van der Waals surface area contributed by atoms with E-state index in [0.29, 0.717) is 28.0 Å². The van der Waals surface area contributed by atoms with Crippen molar-refractivity contribution < 1.29 is 28.0 Å². The van der Waals surface area contributed by atoms with Crippen LogP contribution in [-0.2, 0) is 25.4 Å². The maximum absolute atomic E-state index is 15.6. The lowest BCUT2D eigenvalue weighted by atomic mass is 9.75. The summed E-state index contributed by atoms with van der Waals surface area (Å²) in [6.07, 6.45) is 1.77. The van der Waals surface area contributed by atoms with Gasteiger partial charge in [-0.15, -0.1) is 0 Å². The zero-order valence-corrected chi connectivity index (χ0v) is 22.6. The van der Waals surface area contributed by atoms with Crippen LogP contribution in [0, 0.1) is 5.82 Å². The Hall–Kier alpha value is -3.95. The van der Waals surface area contributed by atoms with Crippen LogP contribution in [-0.4, -0.2) is 34.8 Å². The molecule has 1 N–H and O–H groups in total. The summed E-state index contributed by atoms with van der Waals surface area (Å²) < 4.78 is 35.0. The quantitative estimate of drug-likeness (QED) is 0.269. The molecule has 2 heterocycles. The Kier molecular flexibility index (Phi) is 6.82. The first kappa shape index (κ1) is 26.7. The first-order valence-electron chi connectivity index (χ1n) is 12.7. The second kappa shape index (κ2) is 9.98. The minimum absolute atomic E-state index is 0.108. The number of nitrogens with zero attached hydrogens (tertiary/aromatic N) is 1. The Morgan fingerprint density at radius 1 is 0.974 bits per heavy atom. The number of aromatic nitrogens is 1. The van der Waals surface area contributed by atoms with Crippen molar-refractivity contribution in [3.05, 3.63) is 89.9 Å². The van der Waals surface area contributed by atoms with Crippen LogP contribution in [0.25, 0.3) is 16.6 Å². The van der Waals surface area contributed by atoms with Gasteiger partial charge in [0.2, 0.25) is 0 Å². The van der Waals surface area contributed by atoms with Crippen LogP contribution >= 0.6 is 0 Å². The van der Waals surface area contributed by atoms with Crippen LogP contribution < -0.4 is 10.8 Å².